The Labute approximate surface area is 145 Å². The molecule has 134 valence electrons. The number of anilines is 1. The molecule has 0 unspecified atom stereocenters. The Morgan fingerprint density at radius 1 is 1.20 bits per heavy atom. The van der Waals surface area contributed by atoms with Crippen molar-refractivity contribution in [1.29, 1.82) is 0 Å². The number of hydrogen-bond donors (Lipinski definition) is 3. The van der Waals surface area contributed by atoms with Gasteiger partial charge in [-0.2, -0.15) is 0 Å². The largest absolute Gasteiger partial charge is 0.342 e. The van der Waals surface area contributed by atoms with Gasteiger partial charge in [0.05, 0.1) is 5.52 Å². The van der Waals surface area contributed by atoms with Crippen molar-refractivity contribution in [2.45, 2.75) is 33.1 Å². The molecule has 2 aromatic rings. The second-order valence-electron chi connectivity index (χ2n) is 6.96. The van der Waals surface area contributed by atoms with Gasteiger partial charge in [0.1, 0.15) is 5.82 Å². The van der Waals surface area contributed by atoms with Crippen molar-refractivity contribution in [3.8, 4) is 0 Å². The standard InChI is InChI=1S/C17H23N5O3/c1-10-7-11(2)9-22(8-10)15(24)6-5-14(23)19-13-4-3-12-16(20-13)21-17(25)18-12/h3-4,10-11H,5-9H2,1-2H3,(H3,18,19,20,21,23,25)/t10-,11+. The predicted octanol–water partition coefficient (Wildman–Crippen LogP) is 1.47. The zero-order chi connectivity index (χ0) is 18.0. The predicted molar refractivity (Wildman–Crippen MR) is 94.1 cm³/mol. The molecule has 2 atom stereocenters. The van der Waals surface area contributed by atoms with Gasteiger partial charge in [0, 0.05) is 25.9 Å². The quantitative estimate of drug-likeness (QED) is 0.779. The van der Waals surface area contributed by atoms with Crippen molar-refractivity contribution in [1.82, 2.24) is 19.9 Å². The number of nitrogens with zero attached hydrogens (tertiary/aromatic N) is 2. The van der Waals surface area contributed by atoms with Crippen molar-refractivity contribution in [2.24, 2.45) is 11.8 Å². The topological polar surface area (TPSA) is 111 Å². The molecule has 1 fully saturated rings. The minimum Gasteiger partial charge on any atom is -0.342 e. The molecule has 0 aliphatic carbocycles. The van der Waals surface area contributed by atoms with Gasteiger partial charge in [0.2, 0.25) is 11.8 Å². The molecule has 25 heavy (non-hydrogen) atoms. The lowest BCUT2D eigenvalue weighted by molar-refractivity contribution is -0.135. The minimum absolute atomic E-state index is 0.0203. The number of carbonyl (C=O) groups is 2. The van der Waals surface area contributed by atoms with Crippen molar-refractivity contribution in [2.75, 3.05) is 18.4 Å². The number of imidazole rings is 1. The molecular weight excluding hydrogens is 322 g/mol. The molecule has 0 radical (unpaired) electrons. The first kappa shape index (κ1) is 17.2. The van der Waals surface area contributed by atoms with Crippen LogP contribution >= 0.6 is 0 Å². The van der Waals surface area contributed by atoms with Gasteiger partial charge in [0.25, 0.3) is 0 Å². The van der Waals surface area contributed by atoms with E-state index in [4.69, 9.17) is 0 Å². The van der Waals surface area contributed by atoms with Gasteiger partial charge in [-0.1, -0.05) is 13.8 Å². The molecule has 1 aliphatic heterocycles. The van der Waals surface area contributed by atoms with E-state index >= 15 is 0 Å². The average molecular weight is 345 g/mol. The van der Waals surface area contributed by atoms with Crippen LogP contribution in [0.15, 0.2) is 16.9 Å². The van der Waals surface area contributed by atoms with E-state index in [1.807, 2.05) is 4.90 Å². The Balaban J connectivity index is 1.53. The van der Waals surface area contributed by atoms with E-state index in [0.29, 0.717) is 28.8 Å². The van der Waals surface area contributed by atoms with Crippen molar-refractivity contribution in [3.63, 3.8) is 0 Å². The monoisotopic (exact) mass is 345 g/mol. The summed E-state index contributed by atoms with van der Waals surface area (Å²) in [6.07, 6.45) is 1.44. The van der Waals surface area contributed by atoms with E-state index < -0.39 is 0 Å². The maximum Gasteiger partial charge on any atom is 0.325 e. The van der Waals surface area contributed by atoms with Gasteiger partial charge in [-0.25, -0.2) is 9.78 Å². The molecule has 0 saturated carbocycles. The zero-order valence-electron chi connectivity index (χ0n) is 14.5. The second-order valence-corrected chi connectivity index (χ2v) is 6.96. The SMILES string of the molecule is C[C@@H]1C[C@H](C)CN(C(=O)CCC(=O)Nc2ccc3[nH]c(=O)[nH]c3n2)C1. The van der Waals surface area contributed by atoms with Crippen LogP contribution in [-0.4, -0.2) is 44.8 Å². The highest BCUT2D eigenvalue weighted by Gasteiger charge is 2.25. The van der Waals surface area contributed by atoms with Gasteiger partial charge in [-0.05, 0) is 30.4 Å². The Bertz CT molecular complexity index is 830. The van der Waals surface area contributed by atoms with Crippen LogP contribution in [-0.2, 0) is 9.59 Å². The molecule has 8 nitrogen and oxygen atoms in total. The van der Waals surface area contributed by atoms with Crippen LogP contribution in [0.5, 0.6) is 0 Å². The molecule has 3 heterocycles. The highest BCUT2D eigenvalue weighted by atomic mass is 16.2. The van der Waals surface area contributed by atoms with Crippen LogP contribution in [0.3, 0.4) is 0 Å². The molecule has 1 aliphatic rings. The summed E-state index contributed by atoms with van der Waals surface area (Å²) in [7, 11) is 0. The molecule has 3 N–H and O–H groups in total. The molecule has 0 spiro atoms. The van der Waals surface area contributed by atoms with Gasteiger partial charge >= 0.3 is 5.69 Å². The fourth-order valence-electron chi connectivity index (χ4n) is 3.44. The summed E-state index contributed by atoms with van der Waals surface area (Å²) < 4.78 is 0. The van der Waals surface area contributed by atoms with Crippen molar-refractivity contribution in [3.05, 3.63) is 22.6 Å². The summed E-state index contributed by atoms with van der Waals surface area (Å²) in [5, 5.41) is 2.66. The number of amides is 2. The van der Waals surface area contributed by atoms with Crippen LogP contribution in [0.4, 0.5) is 5.82 Å². The van der Waals surface area contributed by atoms with Gasteiger partial charge in [-0.3, -0.25) is 14.6 Å². The maximum atomic E-state index is 12.3. The van der Waals surface area contributed by atoms with E-state index in [1.165, 1.54) is 0 Å². The fourth-order valence-corrected chi connectivity index (χ4v) is 3.44. The first-order chi connectivity index (χ1) is 11.9. The molecule has 0 bridgehead atoms. The maximum absolute atomic E-state index is 12.3. The third-order valence-electron chi connectivity index (χ3n) is 4.43. The Morgan fingerprint density at radius 3 is 2.64 bits per heavy atom. The number of H-pyrrole nitrogens is 2. The highest BCUT2D eigenvalue weighted by molar-refractivity contribution is 5.93. The van der Waals surface area contributed by atoms with Gasteiger partial charge in [0.15, 0.2) is 5.65 Å². The first-order valence-corrected chi connectivity index (χ1v) is 8.57. The molecule has 2 aromatic heterocycles. The summed E-state index contributed by atoms with van der Waals surface area (Å²) in [5.41, 5.74) is 0.614. The third kappa shape index (κ3) is 4.26. The lowest BCUT2D eigenvalue weighted by Gasteiger charge is -2.35. The number of carbonyl (C=O) groups excluding carboxylic acids is 2. The van der Waals surface area contributed by atoms with Gasteiger partial charge < -0.3 is 15.2 Å². The molecular formula is C17H23N5O3. The number of rotatable bonds is 4. The van der Waals surface area contributed by atoms with Crippen molar-refractivity contribution >= 4 is 28.8 Å². The number of nitrogens with one attached hydrogen (secondary N) is 3. The summed E-state index contributed by atoms with van der Waals surface area (Å²) in [5.74, 6) is 1.10. The molecule has 2 amide bonds. The van der Waals surface area contributed by atoms with Crippen molar-refractivity contribution < 1.29 is 9.59 Å². The zero-order valence-corrected chi connectivity index (χ0v) is 14.5. The number of piperidine rings is 1. The van der Waals surface area contributed by atoms with Crippen LogP contribution in [0.25, 0.3) is 11.2 Å². The summed E-state index contributed by atoms with van der Waals surface area (Å²) in [4.78, 5) is 46.7. The van der Waals surface area contributed by atoms with Crippen LogP contribution < -0.4 is 11.0 Å². The summed E-state index contributed by atoms with van der Waals surface area (Å²) in [6, 6.07) is 3.28. The third-order valence-corrected chi connectivity index (χ3v) is 4.43. The number of likely N-dealkylation sites (tertiary alicyclic amines) is 1. The molecule has 0 aromatic carbocycles. The minimum atomic E-state index is -0.346. The number of aromatic amines is 2. The fraction of sp³-hybridized carbons (Fsp3) is 0.529. The lowest BCUT2D eigenvalue weighted by Crippen LogP contribution is -2.42. The smallest absolute Gasteiger partial charge is 0.325 e. The van der Waals surface area contributed by atoms with E-state index in [0.717, 1.165) is 19.5 Å². The normalized spacial score (nSPS) is 20.6. The van der Waals surface area contributed by atoms with E-state index in [9.17, 15) is 14.4 Å². The number of fused-ring (bicyclic) bond motifs is 1. The van der Waals surface area contributed by atoms with Crippen LogP contribution in [0.1, 0.15) is 33.1 Å². The van der Waals surface area contributed by atoms with E-state index in [2.05, 4.69) is 34.1 Å². The number of pyridine rings is 1. The number of aromatic nitrogens is 3. The average Bonchev–Trinajstić information content (AvgIpc) is 2.91. The van der Waals surface area contributed by atoms with E-state index in [1.54, 1.807) is 12.1 Å². The Morgan fingerprint density at radius 2 is 1.92 bits per heavy atom. The summed E-state index contributed by atoms with van der Waals surface area (Å²) >= 11 is 0. The lowest BCUT2D eigenvalue weighted by atomic mass is 9.91. The molecule has 1 saturated heterocycles. The second kappa shape index (κ2) is 7.08. The van der Waals surface area contributed by atoms with E-state index in [-0.39, 0.29) is 30.3 Å². The molecule has 3 rings (SSSR count). The van der Waals surface area contributed by atoms with Gasteiger partial charge in [-0.15, -0.1) is 0 Å². The van der Waals surface area contributed by atoms with Crippen LogP contribution in [0.2, 0.25) is 0 Å². The molecule has 8 heteroatoms. The Hall–Kier alpha value is -2.64. The first-order valence-electron chi connectivity index (χ1n) is 8.57. The highest BCUT2D eigenvalue weighted by Crippen LogP contribution is 2.21. The summed E-state index contributed by atoms with van der Waals surface area (Å²) in [6.45, 7) is 5.83. The van der Waals surface area contributed by atoms with Crippen LogP contribution in [0, 0.1) is 11.8 Å². The Kier molecular flexibility index (Phi) is 4.87. The number of hydrogen-bond acceptors (Lipinski definition) is 4.